The summed E-state index contributed by atoms with van der Waals surface area (Å²) in [5, 5.41) is 2.99. The molecule has 0 radical (unpaired) electrons. The van der Waals surface area contributed by atoms with Gasteiger partial charge in [-0.3, -0.25) is 4.98 Å². The summed E-state index contributed by atoms with van der Waals surface area (Å²) in [6.45, 7) is 0.755. The summed E-state index contributed by atoms with van der Waals surface area (Å²) in [5.41, 5.74) is 3.11. The number of rotatable bonds is 2. The second-order valence-electron chi connectivity index (χ2n) is 3.93. The number of hydrogen-bond acceptors (Lipinski definition) is 4. The van der Waals surface area contributed by atoms with Gasteiger partial charge in [0, 0.05) is 19.0 Å². The smallest absolute Gasteiger partial charge is 0.144 e. The standard InChI is InChI=1S/C13H13N3O/c1-14-12-8-15-7-11(16-12)10-4-2-3-9-5-6-17-13(9)10/h2-4,7-8H,5-6H2,1H3,(H,14,16). The van der Waals surface area contributed by atoms with Crippen molar-refractivity contribution >= 4 is 5.82 Å². The monoisotopic (exact) mass is 227 g/mol. The minimum Gasteiger partial charge on any atom is -0.492 e. The second-order valence-corrected chi connectivity index (χ2v) is 3.93. The molecule has 0 bridgehead atoms. The molecule has 1 aliphatic rings. The van der Waals surface area contributed by atoms with Crippen LogP contribution >= 0.6 is 0 Å². The highest BCUT2D eigenvalue weighted by Crippen LogP contribution is 2.35. The molecule has 0 saturated carbocycles. The van der Waals surface area contributed by atoms with Gasteiger partial charge in [0.1, 0.15) is 11.6 Å². The lowest BCUT2D eigenvalue weighted by Gasteiger charge is -2.08. The number of hydrogen-bond donors (Lipinski definition) is 1. The Bertz CT molecular complexity index is 554. The van der Waals surface area contributed by atoms with Crippen LogP contribution in [0.1, 0.15) is 5.56 Å². The van der Waals surface area contributed by atoms with Crippen molar-refractivity contribution in [1.29, 1.82) is 0 Å². The lowest BCUT2D eigenvalue weighted by molar-refractivity contribution is 0.358. The molecule has 0 aliphatic carbocycles. The zero-order valence-corrected chi connectivity index (χ0v) is 9.60. The van der Waals surface area contributed by atoms with Crippen molar-refractivity contribution in [3.05, 3.63) is 36.2 Å². The van der Waals surface area contributed by atoms with E-state index in [0.29, 0.717) is 0 Å². The van der Waals surface area contributed by atoms with Crippen molar-refractivity contribution in [3.63, 3.8) is 0 Å². The molecule has 4 nitrogen and oxygen atoms in total. The van der Waals surface area contributed by atoms with Gasteiger partial charge in [-0.05, 0) is 11.6 Å². The summed E-state index contributed by atoms with van der Waals surface area (Å²) in [6.07, 6.45) is 4.44. The fourth-order valence-electron chi connectivity index (χ4n) is 2.03. The molecule has 1 aliphatic heterocycles. The van der Waals surface area contributed by atoms with Crippen molar-refractivity contribution < 1.29 is 4.74 Å². The second kappa shape index (κ2) is 4.05. The maximum atomic E-state index is 5.67. The van der Waals surface area contributed by atoms with Gasteiger partial charge in [-0.2, -0.15) is 0 Å². The van der Waals surface area contributed by atoms with E-state index >= 15 is 0 Å². The van der Waals surface area contributed by atoms with Crippen LogP contribution in [-0.2, 0) is 6.42 Å². The third kappa shape index (κ3) is 1.71. The van der Waals surface area contributed by atoms with Gasteiger partial charge in [0.25, 0.3) is 0 Å². The molecular formula is C13H13N3O. The summed E-state index contributed by atoms with van der Waals surface area (Å²) in [6, 6.07) is 6.16. The fraction of sp³-hybridized carbons (Fsp3) is 0.231. The molecule has 0 fully saturated rings. The van der Waals surface area contributed by atoms with Crippen LogP contribution < -0.4 is 10.1 Å². The molecule has 1 N–H and O–H groups in total. The van der Waals surface area contributed by atoms with Crippen molar-refractivity contribution in [2.24, 2.45) is 0 Å². The maximum Gasteiger partial charge on any atom is 0.144 e. The van der Waals surface area contributed by atoms with Gasteiger partial charge >= 0.3 is 0 Å². The Balaban J connectivity index is 2.12. The van der Waals surface area contributed by atoms with E-state index < -0.39 is 0 Å². The first-order valence-corrected chi connectivity index (χ1v) is 5.63. The molecule has 4 heteroatoms. The zero-order valence-electron chi connectivity index (χ0n) is 9.60. The van der Waals surface area contributed by atoms with Gasteiger partial charge in [-0.1, -0.05) is 12.1 Å². The van der Waals surface area contributed by atoms with E-state index in [4.69, 9.17) is 4.74 Å². The first-order valence-electron chi connectivity index (χ1n) is 5.63. The molecule has 2 aromatic rings. The van der Waals surface area contributed by atoms with Crippen LogP contribution in [0.4, 0.5) is 5.82 Å². The molecule has 86 valence electrons. The molecule has 0 atom stereocenters. The van der Waals surface area contributed by atoms with Gasteiger partial charge < -0.3 is 10.1 Å². The Labute approximate surface area is 99.7 Å². The van der Waals surface area contributed by atoms with Gasteiger partial charge in [0.2, 0.25) is 0 Å². The third-order valence-corrected chi connectivity index (χ3v) is 2.88. The van der Waals surface area contributed by atoms with E-state index in [-0.39, 0.29) is 0 Å². The van der Waals surface area contributed by atoms with Gasteiger partial charge in [-0.25, -0.2) is 4.98 Å². The first kappa shape index (κ1) is 10.1. The van der Waals surface area contributed by atoms with Crippen LogP contribution in [0.25, 0.3) is 11.3 Å². The van der Waals surface area contributed by atoms with Crippen molar-refractivity contribution in [1.82, 2.24) is 9.97 Å². The molecule has 3 rings (SSSR count). The van der Waals surface area contributed by atoms with Crippen LogP contribution in [0.5, 0.6) is 5.75 Å². The van der Waals surface area contributed by atoms with Crippen molar-refractivity contribution in [2.45, 2.75) is 6.42 Å². The Morgan fingerprint density at radius 2 is 2.24 bits per heavy atom. The van der Waals surface area contributed by atoms with Crippen molar-refractivity contribution in [3.8, 4) is 17.0 Å². The first-order chi connectivity index (χ1) is 8.38. The summed E-state index contributed by atoms with van der Waals surface area (Å²) in [4.78, 5) is 8.66. The largest absolute Gasteiger partial charge is 0.492 e. The van der Waals surface area contributed by atoms with E-state index in [1.807, 2.05) is 19.2 Å². The van der Waals surface area contributed by atoms with E-state index in [1.54, 1.807) is 12.4 Å². The normalized spacial score (nSPS) is 13.0. The number of ether oxygens (including phenoxy) is 1. The van der Waals surface area contributed by atoms with Gasteiger partial charge in [-0.15, -0.1) is 0 Å². The van der Waals surface area contributed by atoms with E-state index in [2.05, 4.69) is 21.4 Å². The molecular weight excluding hydrogens is 214 g/mol. The van der Waals surface area contributed by atoms with Crippen molar-refractivity contribution in [2.75, 3.05) is 19.0 Å². The summed E-state index contributed by atoms with van der Waals surface area (Å²) in [5.74, 6) is 1.72. The number of nitrogens with zero attached hydrogens (tertiary/aromatic N) is 2. The highest BCUT2D eigenvalue weighted by atomic mass is 16.5. The lowest BCUT2D eigenvalue weighted by Crippen LogP contribution is -1.96. The van der Waals surface area contributed by atoms with Crippen LogP contribution in [0.15, 0.2) is 30.6 Å². The summed E-state index contributed by atoms with van der Waals surface area (Å²) in [7, 11) is 1.83. The highest BCUT2D eigenvalue weighted by molar-refractivity contribution is 5.70. The van der Waals surface area contributed by atoms with Crippen LogP contribution in [-0.4, -0.2) is 23.6 Å². The fourth-order valence-corrected chi connectivity index (χ4v) is 2.03. The summed E-state index contributed by atoms with van der Waals surface area (Å²) < 4.78 is 5.67. The number of fused-ring (bicyclic) bond motifs is 1. The van der Waals surface area contributed by atoms with E-state index in [1.165, 1.54) is 5.56 Å². The average Bonchev–Trinajstić information content (AvgIpc) is 2.87. The average molecular weight is 227 g/mol. The van der Waals surface area contributed by atoms with Gasteiger partial charge in [0.15, 0.2) is 0 Å². The van der Waals surface area contributed by atoms with Gasteiger partial charge in [0.05, 0.1) is 24.7 Å². The minimum atomic E-state index is 0.755. The lowest BCUT2D eigenvalue weighted by atomic mass is 10.1. The zero-order chi connectivity index (χ0) is 11.7. The van der Waals surface area contributed by atoms with E-state index in [0.717, 1.165) is 35.9 Å². The molecule has 0 unspecified atom stereocenters. The molecule has 0 saturated heterocycles. The Morgan fingerprint density at radius 3 is 3.12 bits per heavy atom. The number of nitrogens with one attached hydrogen (secondary N) is 1. The third-order valence-electron chi connectivity index (χ3n) is 2.88. The molecule has 0 spiro atoms. The Morgan fingerprint density at radius 1 is 1.29 bits per heavy atom. The topological polar surface area (TPSA) is 47.0 Å². The molecule has 0 amide bonds. The minimum absolute atomic E-state index is 0.755. The molecule has 1 aromatic heterocycles. The Kier molecular flexibility index (Phi) is 2.40. The number of aromatic nitrogens is 2. The van der Waals surface area contributed by atoms with E-state index in [9.17, 15) is 0 Å². The predicted molar refractivity (Wildman–Crippen MR) is 66.2 cm³/mol. The maximum absolute atomic E-state index is 5.67. The predicted octanol–water partition coefficient (Wildman–Crippen LogP) is 2.12. The molecule has 1 aromatic carbocycles. The summed E-state index contributed by atoms with van der Waals surface area (Å²) >= 11 is 0. The number of anilines is 1. The van der Waals surface area contributed by atoms with Crippen LogP contribution in [0.2, 0.25) is 0 Å². The molecule has 2 heterocycles. The highest BCUT2D eigenvalue weighted by Gasteiger charge is 2.17. The molecule has 17 heavy (non-hydrogen) atoms. The van der Waals surface area contributed by atoms with Crippen LogP contribution in [0, 0.1) is 0 Å². The SMILES string of the molecule is CNc1cncc(-c2cccc3c2OCC3)n1. The number of para-hydroxylation sites is 1. The van der Waals surface area contributed by atoms with Crippen LogP contribution in [0.3, 0.4) is 0 Å². The Hall–Kier alpha value is -2.10. The number of benzene rings is 1. The quantitative estimate of drug-likeness (QED) is 0.853.